The molecule has 1 aromatic heterocycles. The van der Waals surface area contributed by atoms with Gasteiger partial charge < -0.3 is 14.8 Å². The Labute approximate surface area is 107 Å². The van der Waals surface area contributed by atoms with Gasteiger partial charge in [0.1, 0.15) is 5.75 Å². The molecule has 0 radical (unpaired) electrons. The molecule has 0 bridgehead atoms. The molecule has 1 amide bonds. The van der Waals surface area contributed by atoms with E-state index in [2.05, 4.69) is 10.3 Å². The molecule has 1 N–H and O–H groups in total. The molecule has 0 aromatic carbocycles. The quantitative estimate of drug-likeness (QED) is 0.818. The summed E-state index contributed by atoms with van der Waals surface area (Å²) in [5.74, 6) is 1.10. The molecular weight excluding hydrogens is 232 g/mol. The Balaban J connectivity index is 1.57. The summed E-state index contributed by atoms with van der Waals surface area (Å²) in [6.45, 7) is 2.39. The van der Waals surface area contributed by atoms with Gasteiger partial charge in [0.15, 0.2) is 6.61 Å². The molecule has 1 unspecified atom stereocenters. The van der Waals surface area contributed by atoms with Crippen molar-refractivity contribution in [2.45, 2.75) is 12.8 Å². The van der Waals surface area contributed by atoms with Crippen LogP contribution in [0.3, 0.4) is 0 Å². The zero-order chi connectivity index (χ0) is 12.6. The number of carbonyl (C=O) groups is 1. The van der Waals surface area contributed by atoms with Crippen molar-refractivity contribution in [1.82, 2.24) is 10.3 Å². The van der Waals surface area contributed by atoms with E-state index in [-0.39, 0.29) is 12.5 Å². The smallest absolute Gasteiger partial charge is 0.257 e. The number of nitrogens with zero attached hydrogens (tertiary/aromatic N) is 1. The summed E-state index contributed by atoms with van der Waals surface area (Å²) in [5.41, 5.74) is 0. The molecule has 98 valence electrons. The molecule has 2 rings (SSSR count). The van der Waals surface area contributed by atoms with E-state index < -0.39 is 0 Å². The fourth-order valence-corrected chi connectivity index (χ4v) is 1.86. The Kier molecular flexibility index (Phi) is 4.96. The number of hydrogen-bond acceptors (Lipinski definition) is 4. The molecule has 1 aliphatic rings. The van der Waals surface area contributed by atoms with Crippen LogP contribution in [0.1, 0.15) is 12.8 Å². The van der Waals surface area contributed by atoms with Crippen molar-refractivity contribution in [3.05, 3.63) is 24.5 Å². The lowest BCUT2D eigenvalue weighted by Crippen LogP contribution is -2.30. The summed E-state index contributed by atoms with van der Waals surface area (Å²) in [4.78, 5) is 15.4. The number of rotatable bonds is 6. The Morgan fingerprint density at radius 1 is 1.61 bits per heavy atom. The van der Waals surface area contributed by atoms with Gasteiger partial charge in [0.05, 0.1) is 6.20 Å². The zero-order valence-corrected chi connectivity index (χ0v) is 10.3. The van der Waals surface area contributed by atoms with Gasteiger partial charge in [-0.05, 0) is 30.9 Å². The van der Waals surface area contributed by atoms with Crippen LogP contribution in [0.5, 0.6) is 5.75 Å². The molecule has 2 heterocycles. The third kappa shape index (κ3) is 4.33. The van der Waals surface area contributed by atoms with E-state index in [1.165, 1.54) is 0 Å². The van der Waals surface area contributed by atoms with Gasteiger partial charge in [-0.3, -0.25) is 9.78 Å². The van der Waals surface area contributed by atoms with Crippen molar-refractivity contribution in [1.29, 1.82) is 0 Å². The third-order valence-electron chi connectivity index (χ3n) is 2.90. The van der Waals surface area contributed by atoms with Crippen LogP contribution in [0.2, 0.25) is 0 Å². The first-order valence-corrected chi connectivity index (χ1v) is 6.22. The van der Waals surface area contributed by atoms with Crippen LogP contribution in [0.15, 0.2) is 24.5 Å². The summed E-state index contributed by atoms with van der Waals surface area (Å²) in [5, 5.41) is 2.84. The minimum atomic E-state index is -0.0993. The first kappa shape index (κ1) is 12.8. The topological polar surface area (TPSA) is 60.5 Å². The molecule has 1 saturated heterocycles. The van der Waals surface area contributed by atoms with Crippen molar-refractivity contribution in [2.24, 2.45) is 5.92 Å². The molecule has 0 saturated carbocycles. The zero-order valence-electron chi connectivity index (χ0n) is 10.3. The second-order valence-electron chi connectivity index (χ2n) is 4.35. The SMILES string of the molecule is O=C(COc1cccnc1)NCCC1CCOC1. The Morgan fingerprint density at radius 2 is 2.56 bits per heavy atom. The Bertz CT molecular complexity index is 364. The van der Waals surface area contributed by atoms with E-state index in [4.69, 9.17) is 9.47 Å². The van der Waals surface area contributed by atoms with Gasteiger partial charge in [-0.1, -0.05) is 0 Å². The predicted molar refractivity (Wildman–Crippen MR) is 66.3 cm³/mol. The van der Waals surface area contributed by atoms with E-state index in [0.29, 0.717) is 18.2 Å². The van der Waals surface area contributed by atoms with E-state index in [1.54, 1.807) is 24.5 Å². The summed E-state index contributed by atoms with van der Waals surface area (Å²) in [7, 11) is 0. The number of nitrogens with one attached hydrogen (secondary N) is 1. The van der Waals surface area contributed by atoms with Crippen LogP contribution >= 0.6 is 0 Å². The van der Waals surface area contributed by atoms with Crippen LogP contribution in [0.4, 0.5) is 0 Å². The van der Waals surface area contributed by atoms with Gasteiger partial charge in [0, 0.05) is 26.0 Å². The summed E-state index contributed by atoms with van der Waals surface area (Å²) in [6.07, 6.45) is 5.32. The lowest BCUT2D eigenvalue weighted by Gasteiger charge is -2.09. The van der Waals surface area contributed by atoms with Crippen LogP contribution in [0, 0.1) is 5.92 Å². The van der Waals surface area contributed by atoms with Crippen molar-refractivity contribution in [3.8, 4) is 5.75 Å². The number of carbonyl (C=O) groups excluding carboxylic acids is 1. The molecule has 1 aromatic rings. The summed E-state index contributed by atoms with van der Waals surface area (Å²) < 4.78 is 10.6. The second-order valence-corrected chi connectivity index (χ2v) is 4.35. The van der Waals surface area contributed by atoms with Crippen LogP contribution < -0.4 is 10.1 Å². The van der Waals surface area contributed by atoms with Gasteiger partial charge in [-0.15, -0.1) is 0 Å². The number of aromatic nitrogens is 1. The van der Waals surface area contributed by atoms with E-state index in [0.717, 1.165) is 26.1 Å². The van der Waals surface area contributed by atoms with Crippen molar-refractivity contribution in [2.75, 3.05) is 26.4 Å². The molecule has 0 spiro atoms. The number of ether oxygens (including phenoxy) is 2. The minimum absolute atomic E-state index is 0.0346. The number of pyridine rings is 1. The molecular formula is C13H18N2O3. The van der Waals surface area contributed by atoms with Gasteiger partial charge in [0.25, 0.3) is 5.91 Å². The lowest BCUT2D eigenvalue weighted by atomic mass is 10.1. The molecule has 5 heteroatoms. The molecule has 18 heavy (non-hydrogen) atoms. The van der Waals surface area contributed by atoms with Crippen molar-refractivity contribution >= 4 is 5.91 Å². The maximum absolute atomic E-state index is 11.5. The molecule has 1 aliphatic heterocycles. The van der Waals surface area contributed by atoms with Crippen molar-refractivity contribution in [3.63, 3.8) is 0 Å². The standard InChI is InChI=1S/C13H18N2O3/c16-13(10-18-12-2-1-5-14-8-12)15-6-3-11-4-7-17-9-11/h1-2,5,8,11H,3-4,6-7,9-10H2,(H,15,16). The lowest BCUT2D eigenvalue weighted by molar-refractivity contribution is -0.123. The second kappa shape index (κ2) is 6.96. The molecule has 1 atom stereocenters. The minimum Gasteiger partial charge on any atom is -0.482 e. The first-order valence-electron chi connectivity index (χ1n) is 6.22. The Morgan fingerprint density at radius 3 is 3.28 bits per heavy atom. The highest BCUT2D eigenvalue weighted by Crippen LogP contribution is 2.15. The normalized spacial score (nSPS) is 18.6. The largest absolute Gasteiger partial charge is 0.482 e. The van der Waals surface area contributed by atoms with Crippen molar-refractivity contribution < 1.29 is 14.3 Å². The molecule has 0 aliphatic carbocycles. The van der Waals surface area contributed by atoms with E-state index in [1.807, 2.05) is 0 Å². The fraction of sp³-hybridized carbons (Fsp3) is 0.538. The van der Waals surface area contributed by atoms with Crippen LogP contribution in [0.25, 0.3) is 0 Å². The average Bonchev–Trinajstić information content (AvgIpc) is 2.91. The number of hydrogen-bond donors (Lipinski definition) is 1. The highest BCUT2D eigenvalue weighted by molar-refractivity contribution is 5.77. The Hall–Kier alpha value is -1.62. The number of amides is 1. The van der Waals surface area contributed by atoms with Gasteiger partial charge in [-0.25, -0.2) is 0 Å². The molecule has 1 fully saturated rings. The highest BCUT2D eigenvalue weighted by Gasteiger charge is 2.15. The fourth-order valence-electron chi connectivity index (χ4n) is 1.86. The van der Waals surface area contributed by atoms with Crippen LogP contribution in [-0.2, 0) is 9.53 Å². The molecule has 5 nitrogen and oxygen atoms in total. The van der Waals surface area contributed by atoms with Gasteiger partial charge >= 0.3 is 0 Å². The first-order chi connectivity index (χ1) is 8.84. The monoisotopic (exact) mass is 250 g/mol. The maximum atomic E-state index is 11.5. The maximum Gasteiger partial charge on any atom is 0.257 e. The van der Waals surface area contributed by atoms with E-state index in [9.17, 15) is 4.79 Å². The van der Waals surface area contributed by atoms with Crippen LogP contribution in [-0.4, -0.2) is 37.3 Å². The van der Waals surface area contributed by atoms with E-state index >= 15 is 0 Å². The summed E-state index contributed by atoms with van der Waals surface area (Å²) >= 11 is 0. The van der Waals surface area contributed by atoms with Gasteiger partial charge in [-0.2, -0.15) is 0 Å². The van der Waals surface area contributed by atoms with Gasteiger partial charge in [0.2, 0.25) is 0 Å². The summed E-state index contributed by atoms with van der Waals surface area (Å²) in [6, 6.07) is 3.55. The third-order valence-corrected chi connectivity index (χ3v) is 2.90. The highest BCUT2D eigenvalue weighted by atomic mass is 16.5. The predicted octanol–water partition coefficient (Wildman–Crippen LogP) is 1.00. The average molecular weight is 250 g/mol.